The highest BCUT2D eigenvalue weighted by atomic mass is 15.0. The van der Waals surface area contributed by atoms with E-state index < -0.39 is 0 Å². The first-order valence-electron chi connectivity index (χ1n) is 7.70. The lowest BCUT2D eigenvalue weighted by Crippen LogP contribution is -2.50. The quantitative estimate of drug-likeness (QED) is 0.698. The van der Waals surface area contributed by atoms with Crippen LogP contribution >= 0.6 is 0 Å². The van der Waals surface area contributed by atoms with Gasteiger partial charge in [-0.3, -0.25) is 0 Å². The highest BCUT2D eigenvalue weighted by molar-refractivity contribution is 5.23. The van der Waals surface area contributed by atoms with Crippen molar-refractivity contribution in [3.05, 3.63) is 11.6 Å². The third-order valence-electron chi connectivity index (χ3n) is 4.79. The molecule has 0 aromatic carbocycles. The van der Waals surface area contributed by atoms with Gasteiger partial charge < -0.3 is 5.32 Å². The first kappa shape index (κ1) is 13.1. The summed E-state index contributed by atoms with van der Waals surface area (Å²) >= 11 is 0. The van der Waals surface area contributed by atoms with Crippen LogP contribution in [-0.2, 0) is 0 Å². The highest BCUT2D eigenvalue weighted by Crippen LogP contribution is 2.37. The fourth-order valence-electron chi connectivity index (χ4n) is 3.66. The maximum atomic E-state index is 3.92. The van der Waals surface area contributed by atoms with Gasteiger partial charge in [-0.1, -0.05) is 44.8 Å². The van der Waals surface area contributed by atoms with Crippen molar-refractivity contribution in [2.24, 2.45) is 5.92 Å². The molecule has 1 heteroatoms. The van der Waals surface area contributed by atoms with Crippen molar-refractivity contribution in [1.82, 2.24) is 5.32 Å². The van der Waals surface area contributed by atoms with E-state index in [9.17, 15) is 0 Å². The van der Waals surface area contributed by atoms with Crippen molar-refractivity contribution < 1.29 is 0 Å². The zero-order chi connectivity index (χ0) is 12.1. The van der Waals surface area contributed by atoms with E-state index >= 15 is 0 Å². The number of rotatable bonds is 2. The van der Waals surface area contributed by atoms with E-state index in [2.05, 4.69) is 25.2 Å². The molecule has 2 aliphatic rings. The number of hydrogen-bond acceptors (Lipinski definition) is 1. The highest BCUT2D eigenvalue weighted by Gasteiger charge is 2.37. The largest absolute Gasteiger partial charge is 0.307 e. The van der Waals surface area contributed by atoms with Gasteiger partial charge in [-0.25, -0.2) is 0 Å². The molecule has 0 aromatic rings. The predicted octanol–water partition coefficient (Wildman–Crippen LogP) is 4.44. The Morgan fingerprint density at radius 1 is 1.06 bits per heavy atom. The SMILES string of the molecule is CC(C)C1(C2=CCCCCC2)CCCCCN1. The molecule has 0 radical (unpaired) electrons. The van der Waals surface area contributed by atoms with Gasteiger partial charge in [-0.2, -0.15) is 0 Å². The lowest BCUT2D eigenvalue weighted by Gasteiger charge is -2.40. The zero-order valence-electron chi connectivity index (χ0n) is 11.7. The third kappa shape index (κ3) is 2.93. The number of nitrogens with one attached hydrogen (secondary N) is 1. The van der Waals surface area contributed by atoms with Gasteiger partial charge in [0.1, 0.15) is 0 Å². The van der Waals surface area contributed by atoms with Crippen LogP contribution in [0.5, 0.6) is 0 Å². The molecule has 0 bridgehead atoms. The Bertz CT molecular complexity index is 257. The molecular weight excluding hydrogens is 206 g/mol. The summed E-state index contributed by atoms with van der Waals surface area (Å²) in [4.78, 5) is 0. The maximum absolute atomic E-state index is 3.92. The van der Waals surface area contributed by atoms with Crippen molar-refractivity contribution in [3.63, 3.8) is 0 Å². The normalized spacial score (nSPS) is 31.8. The van der Waals surface area contributed by atoms with Gasteiger partial charge in [0.25, 0.3) is 0 Å². The Morgan fingerprint density at radius 3 is 2.71 bits per heavy atom. The molecule has 0 aromatic heterocycles. The summed E-state index contributed by atoms with van der Waals surface area (Å²) in [5.74, 6) is 0.727. The van der Waals surface area contributed by atoms with Crippen LogP contribution in [0.25, 0.3) is 0 Å². The minimum absolute atomic E-state index is 0.334. The van der Waals surface area contributed by atoms with E-state index in [1.807, 2.05) is 0 Å². The van der Waals surface area contributed by atoms with Gasteiger partial charge in [0.05, 0.1) is 0 Å². The Kier molecular flexibility index (Phi) is 4.67. The summed E-state index contributed by atoms with van der Waals surface area (Å²) in [6.07, 6.45) is 15.0. The molecule has 1 fully saturated rings. The molecule has 1 atom stereocenters. The molecule has 0 amide bonds. The standard InChI is InChI=1S/C16H29N/c1-14(2)16(12-8-5-9-13-17-16)15-10-6-3-4-7-11-15/h10,14,17H,3-9,11-13H2,1-2H3. The van der Waals surface area contributed by atoms with Crippen molar-refractivity contribution in [2.75, 3.05) is 6.54 Å². The van der Waals surface area contributed by atoms with Gasteiger partial charge in [0.2, 0.25) is 0 Å². The monoisotopic (exact) mass is 235 g/mol. The second-order valence-electron chi connectivity index (χ2n) is 6.19. The molecule has 0 spiro atoms. The van der Waals surface area contributed by atoms with E-state index in [-0.39, 0.29) is 0 Å². The Hall–Kier alpha value is -0.300. The summed E-state index contributed by atoms with van der Waals surface area (Å²) in [7, 11) is 0. The molecule has 17 heavy (non-hydrogen) atoms. The topological polar surface area (TPSA) is 12.0 Å². The lowest BCUT2D eigenvalue weighted by molar-refractivity contribution is 0.268. The molecule has 1 nitrogen and oxygen atoms in total. The van der Waals surface area contributed by atoms with Crippen LogP contribution in [0.4, 0.5) is 0 Å². The zero-order valence-corrected chi connectivity index (χ0v) is 11.7. The van der Waals surface area contributed by atoms with E-state index in [1.165, 1.54) is 64.3 Å². The fourth-order valence-corrected chi connectivity index (χ4v) is 3.66. The average Bonchev–Trinajstić information content (AvgIpc) is 2.72. The molecule has 1 aliphatic carbocycles. The lowest BCUT2D eigenvalue weighted by atomic mass is 9.74. The van der Waals surface area contributed by atoms with Crippen LogP contribution in [0.15, 0.2) is 11.6 Å². The van der Waals surface area contributed by atoms with E-state index in [1.54, 1.807) is 5.57 Å². The summed E-state index contributed by atoms with van der Waals surface area (Å²) < 4.78 is 0. The summed E-state index contributed by atoms with van der Waals surface area (Å²) in [6, 6.07) is 0. The van der Waals surface area contributed by atoms with Gasteiger partial charge in [0, 0.05) is 5.54 Å². The van der Waals surface area contributed by atoms with Crippen LogP contribution in [0, 0.1) is 5.92 Å². The maximum Gasteiger partial charge on any atom is 0.0417 e. The molecule has 1 heterocycles. The second kappa shape index (κ2) is 6.04. The fraction of sp³-hybridized carbons (Fsp3) is 0.875. The molecule has 0 saturated carbocycles. The van der Waals surface area contributed by atoms with Crippen molar-refractivity contribution >= 4 is 0 Å². The summed E-state index contributed by atoms with van der Waals surface area (Å²) in [6.45, 7) is 6.03. The van der Waals surface area contributed by atoms with Crippen LogP contribution in [0.1, 0.15) is 71.6 Å². The summed E-state index contributed by atoms with van der Waals surface area (Å²) in [5, 5.41) is 3.92. The third-order valence-corrected chi connectivity index (χ3v) is 4.79. The average molecular weight is 235 g/mol. The summed E-state index contributed by atoms with van der Waals surface area (Å²) in [5.41, 5.74) is 2.08. The Morgan fingerprint density at radius 2 is 1.88 bits per heavy atom. The number of allylic oxidation sites excluding steroid dienone is 1. The molecular formula is C16H29N. The molecule has 1 saturated heterocycles. The first-order valence-corrected chi connectivity index (χ1v) is 7.70. The van der Waals surface area contributed by atoms with Gasteiger partial charge in [0.15, 0.2) is 0 Å². The molecule has 1 N–H and O–H groups in total. The van der Waals surface area contributed by atoms with Crippen LogP contribution < -0.4 is 5.32 Å². The van der Waals surface area contributed by atoms with Gasteiger partial charge in [-0.15, -0.1) is 0 Å². The predicted molar refractivity (Wildman–Crippen MR) is 75.2 cm³/mol. The van der Waals surface area contributed by atoms with E-state index in [4.69, 9.17) is 0 Å². The minimum Gasteiger partial charge on any atom is -0.307 e. The molecule has 2 rings (SSSR count). The van der Waals surface area contributed by atoms with Crippen molar-refractivity contribution in [2.45, 2.75) is 77.2 Å². The molecule has 1 unspecified atom stereocenters. The Balaban J connectivity index is 2.21. The van der Waals surface area contributed by atoms with Crippen molar-refractivity contribution in [3.8, 4) is 0 Å². The van der Waals surface area contributed by atoms with E-state index in [0.29, 0.717) is 5.54 Å². The van der Waals surface area contributed by atoms with Gasteiger partial charge in [-0.05, 0) is 51.0 Å². The van der Waals surface area contributed by atoms with Gasteiger partial charge >= 0.3 is 0 Å². The van der Waals surface area contributed by atoms with Crippen LogP contribution in [0.3, 0.4) is 0 Å². The first-order chi connectivity index (χ1) is 8.26. The van der Waals surface area contributed by atoms with Crippen LogP contribution in [0.2, 0.25) is 0 Å². The smallest absolute Gasteiger partial charge is 0.0417 e. The molecule has 1 aliphatic heterocycles. The Labute approximate surface area is 107 Å². The second-order valence-corrected chi connectivity index (χ2v) is 6.19. The minimum atomic E-state index is 0.334. The van der Waals surface area contributed by atoms with E-state index in [0.717, 1.165) is 5.92 Å². The molecule has 98 valence electrons. The number of hydrogen-bond donors (Lipinski definition) is 1. The van der Waals surface area contributed by atoms with Crippen molar-refractivity contribution in [1.29, 1.82) is 0 Å². The van der Waals surface area contributed by atoms with Crippen LogP contribution in [-0.4, -0.2) is 12.1 Å².